The number of nitrogens with zero attached hydrogens (tertiary/aromatic N) is 1. The van der Waals surface area contributed by atoms with Crippen molar-refractivity contribution >= 4 is 17.2 Å². The molecule has 1 aliphatic rings. The first kappa shape index (κ1) is 12.6. The average molecular weight is 252 g/mol. The van der Waals surface area contributed by atoms with E-state index in [1.165, 1.54) is 5.56 Å². The van der Waals surface area contributed by atoms with Crippen LogP contribution in [0, 0.1) is 0 Å². The fourth-order valence-electron chi connectivity index (χ4n) is 1.87. The monoisotopic (exact) mass is 252 g/mol. The largest absolute Gasteiger partial charge is 0.335 e. The number of rotatable bonds is 6. The smallest absolute Gasteiger partial charge is 0.224 e. The van der Waals surface area contributed by atoms with Gasteiger partial charge in [-0.3, -0.25) is 4.79 Å². The lowest BCUT2D eigenvalue weighted by molar-refractivity contribution is -0.132. The normalized spacial score (nSPS) is 16.8. The van der Waals surface area contributed by atoms with Crippen molar-refractivity contribution in [2.45, 2.75) is 51.2 Å². The van der Waals surface area contributed by atoms with Crippen molar-refractivity contribution in [1.82, 2.24) is 4.90 Å². The second-order valence-electron chi connectivity index (χ2n) is 4.76. The van der Waals surface area contributed by atoms with Crippen LogP contribution < -0.4 is 5.73 Å². The van der Waals surface area contributed by atoms with E-state index in [0.29, 0.717) is 12.5 Å². The second kappa shape index (κ2) is 5.65. The fraction of sp³-hybridized carbons (Fsp3) is 0.615. The second-order valence-corrected chi connectivity index (χ2v) is 5.54. The standard InChI is InChI=1S/C13H20N2OS/c1-2-11(14)7-13(16)15(12-3-4-12)8-10-5-6-17-9-10/h5-6,9,11-12H,2-4,7-8,14H2,1H3. The zero-order valence-electron chi connectivity index (χ0n) is 10.3. The van der Waals surface area contributed by atoms with Gasteiger partial charge >= 0.3 is 0 Å². The number of thiophene rings is 1. The summed E-state index contributed by atoms with van der Waals surface area (Å²) < 4.78 is 0. The van der Waals surface area contributed by atoms with Crippen LogP contribution in [0.3, 0.4) is 0 Å². The van der Waals surface area contributed by atoms with Gasteiger partial charge in [0.1, 0.15) is 0 Å². The first-order valence-electron chi connectivity index (χ1n) is 6.26. The van der Waals surface area contributed by atoms with Crippen molar-refractivity contribution in [3.8, 4) is 0 Å². The minimum atomic E-state index is 0.00576. The third-order valence-electron chi connectivity index (χ3n) is 3.20. The van der Waals surface area contributed by atoms with Gasteiger partial charge in [0.15, 0.2) is 0 Å². The molecular weight excluding hydrogens is 232 g/mol. The topological polar surface area (TPSA) is 46.3 Å². The highest BCUT2D eigenvalue weighted by molar-refractivity contribution is 7.07. The molecule has 94 valence electrons. The molecule has 3 nitrogen and oxygen atoms in total. The Balaban J connectivity index is 1.94. The highest BCUT2D eigenvalue weighted by Gasteiger charge is 2.32. The van der Waals surface area contributed by atoms with E-state index in [-0.39, 0.29) is 11.9 Å². The van der Waals surface area contributed by atoms with Crippen molar-refractivity contribution in [1.29, 1.82) is 0 Å². The van der Waals surface area contributed by atoms with Gasteiger partial charge in [-0.25, -0.2) is 0 Å². The first-order chi connectivity index (χ1) is 8.20. The molecule has 0 radical (unpaired) electrons. The van der Waals surface area contributed by atoms with E-state index in [9.17, 15) is 4.79 Å². The van der Waals surface area contributed by atoms with E-state index in [4.69, 9.17) is 5.73 Å². The molecular formula is C13H20N2OS. The maximum Gasteiger partial charge on any atom is 0.224 e. The zero-order valence-corrected chi connectivity index (χ0v) is 11.1. The molecule has 0 aliphatic heterocycles. The van der Waals surface area contributed by atoms with Gasteiger partial charge in [0.05, 0.1) is 0 Å². The first-order valence-corrected chi connectivity index (χ1v) is 7.21. The lowest BCUT2D eigenvalue weighted by atomic mass is 10.1. The van der Waals surface area contributed by atoms with Crippen molar-refractivity contribution in [3.63, 3.8) is 0 Å². The molecule has 17 heavy (non-hydrogen) atoms. The van der Waals surface area contributed by atoms with Crippen LogP contribution in [0.4, 0.5) is 0 Å². The summed E-state index contributed by atoms with van der Waals surface area (Å²) in [5, 5.41) is 4.17. The summed E-state index contributed by atoms with van der Waals surface area (Å²) >= 11 is 1.68. The van der Waals surface area contributed by atoms with E-state index in [0.717, 1.165) is 25.8 Å². The predicted octanol–water partition coefficient (Wildman–Crippen LogP) is 2.37. The minimum absolute atomic E-state index is 0.00576. The summed E-state index contributed by atoms with van der Waals surface area (Å²) in [6.45, 7) is 2.78. The maximum atomic E-state index is 12.2. The van der Waals surface area contributed by atoms with E-state index < -0.39 is 0 Å². The van der Waals surface area contributed by atoms with E-state index >= 15 is 0 Å². The number of nitrogens with two attached hydrogens (primary N) is 1. The molecule has 1 heterocycles. The maximum absolute atomic E-state index is 12.2. The Morgan fingerprint density at radius 1 is 1.65 bits per heavy atom. The summed E-state index contributed by atoms with van der Waals surface area (Å²) in [6, 6.07) is 2.56. The average Bonchev–Trinajstić information content (AvgIpc) is 3.03. The molecule has 1 aromatic heterocycles. The van der Waals surface area contributed by atoms with Crippen molar-refractivity contribution in [2.75, 3.05) is 0 Å². The van der Waals surface area contributed by atoms with Crippen LogP contribution >= 0.6 is 11.3 Å². The quantitative estimate of drug-likeness (QED) is 0.845. The van der Waals surface area contributed by atoms with Crippen LogP contribution in [0.25, 0.3) is 0 Å². The van der Waals surface area contributed by atoms with Crippen LogP contribution in [0.15, 0.2) is 16.8 Å². The molecule has 2 N–H and O–H groups in total. The molecule has 0 spiro atoms. The Hall–Kier alpha value is -0.870. The minimum Gasteiger partial charge on any atom is -0.335 e. The van der Waals surface area contributed by atoms with Gasteiger partial charge in [0.2, 0.25) is 5.91 Å². The van der Waals surface area contributed by atoms with Crippen LogP contribution in [-0.2, 0) is 11.3 Å². The number of hydrogen-bond acceptors (Lipinski definition) is 3. The van der Waals surface area contributed by atoms with Gasteiger partial charge < -0.3 is 10.6 Å². The molecule has 2 rings (SSSR count). The third-order valence-corrected chi connectivity index (χ3v) is 3.93. The van der Waals surface area contributed by atoms with Crippen molar-refractivity contribution in [3.05, 3.63) is 22.4 Å². The molecule has 0 bridgehead atoms. The Morgan fingerprint density at radius 3 is 2.94 bits per heavy atom. The van der Waals surface area contributed by atoms with E-state index in [1.807, 2.05) is 11.8 Å². The van der Waals surface area contributed by atoms with Gasteiger partial charge in [0.25, 0.3) is 0 Å². The van der Waals surface area contributed by atoms with Crippen LogP contribution in [0.1, 0.15) is 38.2 Å². The van der Waals surface area contributed by atoms with Gasteiger partial charge in [0, 0.05) is 25.0 Å². The van der Waals surface area contributed by atoms with E-state index in [2.05, 4.69) is 16.8 Å². The highest BCUT2D eigenvalue weighted by atomic mass is 32.1. The van der Waals surface area contributed by atoms with Gasteiger partial charge in [-0.15, -0.1) is 0 Å². The molecule has 1 aromatic rings. The SMILES string of the molecule is CCC(N)CC(=O)N(Cc1ccsc1)C1CC1. The molecule has 1 atom stereocenters. The Kier molecular flexibility index (Phi) is 4.18. The lowest BCUT2D eigenvalue weighted by Crippen LogP contribution is -2.36. The molecule has 4 heteroatoms. The Bertz CT molecular complexity index is 360. The Morgan fingerprint density at radius 2 is 2.41 bits per heavy atom. The summed E-state index contributed by atoms with van der Waals surface area (Å²) in [7, 11) is 0. The summed E-state index contributed by atoms with van der Waals surface area (Å²) in [4.78, 5) is 14.2. The molecule has 1 aliphatic carbocycles. The predicted molar refractivity (Wildman–Crippen MR) is 70.8 cm³/mol. The summed E-state index contributed by atoms with van der Waals surface area (Å²) in [5.41, 5.74) is 7.10. The summed E-state index contributed by atoms with van der Waals surface area (Å²) in [5.74, 6) is 0.216. The van der Waals surface area contributed by atoms with Gasteiger partial charge in [-0.1, -0.05) is 6.92 Å². The van der Waals surface area contributed by atoms with Crippen LogP contribution in [-0.4, -0.2) is 22.9 Å². The molecule has 1 saturated carbocycles. The third kappa shape index (κ3) is 3.54. The van der Waals surface area contributed by atoms with Gasteiger partial charge in [-0.05, 0) is 41.7 Å². The fourth-order valence-corrected chi connectivity index (χ4v) is 2.53. The van der Waals surface area contributed by atoms with Crippen LogP contribution in [0.5, 0.6) is 0 Å². The zero-order chi connectivity index (χ0) is 12.3. The molecule has 1 amide bonds. The summed E-state index contributed by atoms with van der Waals surface area (Å²) in [6.07, 6.45) is 3.65. The number of amides is 1. The highest BCUT2D eigenvalue weighted by Crippen LogP contribution is 2.29. The van der Waals surface area contributed by atoms with Crippen molar-refractivity contribution < 1.29 is 4.79 Å². The lowest BCUT2D eigenvalue weighted by Gasteiger charge is -2.23. The molecule has 1 fully saturated rings. The molecule has 0 saturated heterocycles. The van der Waals surface area contributed by atoms with Crippen molar-refractivity contribution in [2.24, 2.45) is 5.73 Å². The molecule has 0 aromatic carbocycles. The van der Waals surface area contributed by atoms with Gasteiger partial charge in [-0.2, -0.15) is 11.3 Å². The number of carbonyl (C=O) groups excluding carboxylic acids is 1. The van der Waals surface area contributed by atoms with E-state index in [1.54, 1.807) is 11.3 Å². The number of carbonyl (C=O) groups is 1. The Labute approximate surface area is 107 Å². The molecule has 1 unspecified atom stereocenters. The number of hydrogen-bond donors (Lipinski definition) is 1. The van der Waals surface area contributed by atoms with Crippen LogP contribution in [0.2, 0.25) is 0 Å².